The zero-order chi connectivity index (χ0) is 45.5. The summed E-state index contributed by atoms with van der Waals surface area (Å²) in [4.78, 5) is 0. The molecule has 2 aromatic heterocycles. The third kappa shape index (κ3) is 10.0. The largest absolute Gasteiger partial charge is 0.845 e. The van der Waals surface area contributed by atoms with Gasteiger partial charge in [-0.05, 0) is 135 Å². The highest BCUT2D eigenvalue weighted by Gasteiger charge is 2.30. The molecule has 4 aliphatic carbocycles. The molecule has 0 aliphatic heterocycles. The average molecular weight is 892 g/mol. The Morgan fingerprint density at radius 3 is 1.50 bits per heavy atom. The van der Waals surface area contributed by atoms with Crippen LogP contribution in [0.1, 0.15) is 108 Å². The van der Waals surface area contributed by atoms with E-state index in [2.05, 4.69) is 32.0 Å². The Morgan fingerprint density at radius 1 is 0.726 bits per heavy atom. The van der Waals surface area contributed by atoms with E-state index >= 15 is 0 Å². The van der Waals surface area contributed by atoms with Crippen LogP contribution in [0.4, 0.5) is 5.69 Å². The van der Waals surface area contributed by atoms with Gasteiger partial charge in [-0.25, -0.2) is 13.6 Å². The predicted octanol–water partition coefficient (Wildman–Crippen LogP) is 4.04. The molecule has 336 valence electrons. The Kier molecular flexibility index (Phi) is 13.4. The van der Waals surface area contributed by atoms with E-state index in [0.29, 0.717) is 8.97 Å². The fraction of sp³-hybridized carbons (Fsp3) is 0.545. The van der Waals surface area contributed by atoms with Crippen LogP contribution in [-0.4, -0.2) is 93.7 Å². The number of ether oxygens (including phenoxy) is 1. The number of aromatic nitrogens is 4. The lowest BCUT2D eigenvalue weighted by Gasteiger charge is -2.31. The minimum absolute atomic E-state index is 0.0183. The van der Waals surface area contributed by atoms with Crippen molar-refractivity contribution in [1.29, 1.82) is 5.26 Å². The van der Waals surface area contributed by atoms with Crippen LogP contribution in [-0.2, 0) is 85.5 Å². The number of aryl methyl sites for hydroxylation is 6. The standard InChI is InChI=1S/C22H31N5O3S.C13H13NO.C9H19N4O2S/c1-14(27(3,4)5)19-13-20(24-26(19)2)31(29,30)25-22(28)23-21-17-10-6-8-15(17)12-16-9-7-11-18(16)21;14-8-15-13-11-5-1-3-9(11)7-10-4-2-6-12(10)13;1-7(13(3,4)5)8-6-9(11-12(8)2)16(10,14)15/h12-14H,6-11H2,1-5H3,(H-,23,25,28);7H,1-6H2;6-7H,1-5H3,(H2,10,14,15)/q;;+1. The summed E-state index contributed by atoms with van der Waals surface area (Å²) < 4.78 is 61.1. The number of benzene rings is 2. The molecule has 0 amide bonds. The van der Waals surface area contributed by atoms with E-state index in [1.165, 1.54) is 58.4 Å². The number of primary sulfonamides is 1. The number of nitrogens with two attached hydrogens (primary N) is 1. The molecule has 2 atom stereocenters. The summed E-state index contributed by atoms with van der Waals surface area (Å²) in [6.07, 6.45) is 14.7. The quantitative estimate of drug-likeness (QED) is 0.107. The second-order valence-electron chi connectivity index (χ2n) is 18.8. The van der Waals surface area contributed by atoms with Crippen molar-refractivity contribution in [1.82, 2.24) is 19.6 Å². The number of fused-ring (bicyclic) bond motifs is 4. The maximum Gasteiger partial charge on any atom is 0.302 e. The molecular weight excluding hydrogens is 829 g/mol. The number of anilines is 1. The van der Waals surface area contributed by atoms with Crippen LogP contribution in [0.2, 0.25) is 0 Å². The lowest BCUT2D eigenvalue weighted by atomic mass is 9.99. The molecule has 0 bridgehead atoms. The number of amidine groups is 1. The van der Waals surface area contributed by atoms with Gasteiger partial charge in [0.15, 0.2) is 10.1 Å². The zero-order valence-corrected chi connectivity index (χ0v) is 39.5. The Hall–Kier alpha value is -4.80. The van der Waals surface area contributed by atoms with Gasteiger partial charge >= 0.3 is 10.0 Å². The van der Waals surface area contributed by atoms with Crippen LogP contribution in [0.15, 0.2) is 38.7 Å². The second kappa shape index (κ2) is 17.8. The average Bonchev–Trinajstić information content (AvgIpc) is 4.02. The van der Waals surface area contributed by atoms with Gasteiger partial charge < -0.3 is 24.1 Å². The number of hydrogen-bond acceptors (Lipinski definition) is 9. The molecular formula is C44H63N10O6S2+. The Morgan fingerprint density at radius 2 is 1.11 bits per heavy atom. The first-order valence-electron chi connectivity index (χ1n) is 21.3. The molecule has 4 aromatic rings. The van der Waals surface area contributed by atoms with E-state index in [4.69, 9.17) is 15.1 Å². The lowest BCUT2D eigenvalue weighted by molar-refractivity contribution is -0.900. The summed E-state index contributed by atoms with van der Waals surface area (Å²) in [6, 6.07) is 6.94. The van der Waals surface area contributed by atoms with Crippen LogP contribution < -0.4 is 20.3 Å². The number of hydrogen-bond donors (Lipinski definition) is 2. The molecule has 0 saturated carbocycles. The molecule has 2 unspecified atom stereocenters. The van der Waals surface area contributed by atoms with Crippen molar-refractivity contribution in [3.8, 4) is 12.0 Å². The molecule has 0 spiro atoms. The fourth-order valence-corrected chi connectivity index (χ4v) is 10.3. The van der Waals surface area contributed by atoms with E-state index in [0.717, 1.165) is 98.2 Å². The number of nitriles is 1. The fourth-order valence-electron chi connectivity index (χ4n) is 8.93. The molecule has 0 saturated heterocycles. The van der Waals surface area contributed by atoms with Crippen molar-refractivity contribution < 1.29 is 35.6 Å². The summed E-state index contributed by atoms with van der Waals surface area (Å²) >= 11 is 0. The maximum atomic E-state index is 12.8. The summed E-state index contributed by atoms with van der Waals surface area (Å²) in [5.41, 5.74) is 12.6. The van der Waals surface area contributed by atoms with Crippen molar-refractivity contribution >= 4 is 31.8 Å². The van der Waals surface area contributed by atoms with E-state index < -0.39 is 26.1 Å². The minimum Gasteiger partial charge on any atom is -0.845 e. The van der Waals surface area contributed by atoms with Crippen LogP contribution in [0, 0.1) is 11.5 Å². The summed E-state index contributed by atoms with van der Waals surface area (Å²) in [5, 5.41) is 37.0. The smallest absolute Gasteiger partial charge is 0.302 e. The molecule has 2 heterocycles. The van der Waals surface area contributed by atoms with Gasteiger partial charge in [-0.15, -0.1) is 5.26 Å². The van der Waals surface area contributed by atoms with Crippen molar-refractivity contribution in [3.05, 3.63) is 80.2 Å². The summed E-state index contributed by atoms with van der Waals surface area (Å²) in [6.45, 7) is 4.03. The van der Waals surface area contributed by atoms with Crippen molar-refractivity contribution in [3.63, 3.8) is 0 Å². The van der Waals surface area contributed by atoms with Crippen LogP contribution in [0.3, 0.4) is 0 Å². The van der Waals surface area contributed by atoms with Gasteiger partial charge in [0.1, 0.15) is 17.8 Å². The second-order valence-corrected chi connectivity index (χ2v) is 21.9. The van der Waals surface area contributed by atoms with Crippen molar-refractivity contribution in [2.24, 2.45) is 23.6 Å². The Bertz CT molecular complexity index is 2580. The topological polar surface area (TPSA) is 210 Å². The predicted molar refractivity (Wildman–Crippen MR) is 236 cm³/mol. The molecule has 0 radical (unpaired) electrons. The number of nitrogens with zero attached hydrogens (tertiary/aromatic N) is 8. The monoisotopic (exact) mass is 891 g/mol. The minimum atomic E-state index is -4.21. The van der Waals surface area contributed by atoms with Crippen molar-refractivity contribution in [2.45, 2.75) is 113 Å². The highest BCUT2D eigenvalue weighted by Crippen LogP contribution is 2.41. The molecule has 3 N–H and O–H groups in total. The van der Waals surface area contributed by atoms with E-state index in [9.17, 15) is 21.9 Å². The van der Waals surface area contributed by atoms with E-state index in [1.54, 1.807) is 23.5 Å². The van der Waals surface area contributed by atoms with Crippen LogP contribution in [0.25, 0.3) is 0 Å². The number of rotatable bonds is 9. The normalized spacial score (nSPS) is 16.8. The van der Waals surface area contributed by atoms with E-state index in [1.807, 2.05) is 62.4 Å². The van der Waals surface area contributed by atoms with Crippen LogP contribution >= 0.6 is 0 Å². The first-order chi connectivity index (χ1) is 28.9. The van der Waals surface area contributed by atoms with Gasteiger partial charge in [-0.2, -0.15) is 23.0 Å². The Labute approximate surface area is 367 Å². The molecule has 2 aromatic carbocycles. The van der Waals surface area contributed by atoms with Gasteiger partial charge in [-0.3, -0.25) is 9.36 Å². The van der Waals surface area contributed by atoms with Crippen LogP contribution in [0.5, 0.6) is 5.75 Å². The number of sulfonamides is 2. The Balaban J connectivity index is 0.000000173. The van der Waals surface area contributed by atoms with Gasteiger partial charge in [0.05, 0.1) is 59.7 Å². The van der Waals surface area contributed by atoms with Gasteiger partial charge in [0, 0.05) is 31.9 Å². The van der Waals surface area contributed by atoms with E-state index in [-0.39, 0.29) is 22.1 Å². The SMILES string of the molecule is CC(c1cc(S(=O)(=O)N=C([O-])Nc2c3c(cc4c2CCC4)CCC3)nn1C)[N+](C)(C)C.CC(c1cc(S(N)(=O)=O)nn1C)[N+](C)(C)C.N#COc1c2c(cc3c1CCC3)CCC2. The molecule has 16 nitrogen and oxygen atoms in total. The third-order valence-corrected chi connectivity index (χ3v) is 14.9. The van der Waals surface area contributed by atoms with Gasteiger partial charge in [0.2, 0.25) is 0 Å². The number of quaternary nitrogens is 2. The zero-order valence-electron chi connectivity index (χ0n) is 37.9. The molecule has 18 heteroatoms. The maximum absolute atomic E-state index is 12.8. The van der Waals surface area contributed by atoms with Gasteiger partial charge in [-0.1, -0.05) is 12.1 Å². The lowest BCUT2D eigenvalue weighted by Crippen LogP contribution is -2.38. The molecule has 4 aliphatic rings. The summed E-state index contributed by atoms with van der Waals surface area (Å²) in [5.74, 6) is 0.903. The first kappa shape index (κ1) is 46.7. The molecule has 8 rings (SSSR count). The first-order valence-corrected chi connectivity index (χ1v) is 24.3. The number of nitrogens with one attached hydrogen (secondary N) is 1. The molecule has 0 fully saturated rings. The highest BCUT2D eigenvalue weighted by molar-refractivity contribution is 7.90. The highest BCUT2D eigenvalue weighted by atomic mass is 32.2. The summed E-state index contributed by atoms with van der Waals surface area (Å²) in [7, 11) is 7.68. The molecule has 62 heavy (non-hydrogen) atoms. The van der Waals surface area contributed by atoms with Crippen molar-refractivity contribution in [2.75, 3.05) is 47.6 Å². The third-order valence-electron chi connectivity index (χ3n) is 13.0. The van der Waals surface area contributed by atoms with Gasteiger partial charge in [0.25, 0.3) is 16.3 Å².